The van der Waals surface area contributed by atoms with Gasteiger partial charge in [-0.05, 0) is 50.1 Å². The average Bonchev–Trinajstić information content (AvgIpc) is 2.46. The molecule has 0 amide bonds. The molecule has 104 valence electrons. The molecule has 2 heteroatoms. The third kappa shape index (κ3) is 2.86. The minimum Gasteiger partial charge on any atom is -0.457 e. The molecule has 0 atom stereocenters. The molecular weight excluding hydrogens is 246 g/mol. The van der Waals surface area contributed by atoms with Crippen LogP contribution in [0.4, 0.5) is 0 Å². The molecule has 0 aromatic heterocycles. The molecule has 0 bridgehead atoms. The fourth-order valence-corrected chi connectivity index (χ4v) is 2.67. The normalized spacial score (nSPS) is 15.9. The van der Waals surface area contributed by atoms with Crippen LogP contribution in [0.5, 0.6) is 11.5 Å². The Hall–Kier alpha value is -1.80. The maximum Gasteiger partial charge on any atom is 0.130 e. The van der Waals surface area contributed by atoms with Crippen molar-refractivity contribution in [3.05, 3.63) is 59.2 Å². The van der Waals surface area contributed by atoms with Crippen LogP contribution in [0.3, 0.4) is 0 Å². The second-order valence-electron chi connectivity index (χ2n) is 5.62. The van der Waals surface area contributed by atoms with Crippen LogP contribution in [0.2, 0.25) is 0 Å². The lowest BCUT2D eigenvalue weighted by atomic mass is 10.1. The molecule has 0 fully saturated rings. The predicted octanol–water partition coefficient (Wildman–Crippen LogP) is 3.82. The van der Waals surface area contributed by atoms with Gasteiger partial charge in [-0.3, -0.25) is 0 Å². The van der Waals surface area contributed by atoms with Crippen LogP contribution in [0.1, 0.15) is 16.7 Å². The van der Waals surface area contributed by atoms with Crippen molar-refractivity contribution in [2.24, 2.45) is 0 Å². The fourth-order valence-electron chi connectivity index (χ4n) is 2.67. The number of hydrogen-bond donors (Lipinski definition) is 0. The maximum atomic E-state index is 6.19. The third-order valence-corrected chi connectivity index (χ3v) is 3.93. The number of hydrogen-bond acceptors (Lipinski definition) is 2. The van der Waals surface area contributed by atoms with Crippen LogP contribution < -0.4 is 4.74 Å². The third-order valence-electron chi connectivity index (χ3n) is 3.93. The quantitative estimate of drug-likeness (QED) is 0.719. The van der Waals surface area contributed by atoms with Crippen molar-refractivity contribution in [3.63, 3.8) is 0 Å². The number of likely N-dealkylation sites (N-methyl/N-ethyl adjacent to an activating group) is 1. The second-order valence-corrected chi connectivity index (χ2v) is 5.62. The Morgan fingerprint density at radius 3 is 2.45 bits per heavy atom. The molecule has 0 unspecified atom stereocenters. The van der Waals surface area contributed by atoms with Crippen molar-refractivity contribution < 1.29 is 4.74 Å². The van der Waals surface area contributed by atoms with Gasteiger partial charge in [-0.1, -0.05) is 35.9 Å². The Kier molecular flexibility index (Phi) is 3.75. The standard InChI is InChI=1S/C18H21NO/c1-14-7-8-18-16(13-14)10-12-19(2)11-9-15-5-3-4-6-17(15)20-18/h3-8,13H,9-12H2,1-2H3. The van der Waals surface area contributed by atoms with E-state index in [-0.39, 0.29) is 0 Å². The number of benzene rings is 2. The van der Waals surface area contributed by atoms with Gasteiger partial charge in [0, 0.05) is 13.1 Å². The van der Waals surface area contributed by atoms with Gasteiger partial charge < -0.3 is 9.64 Å². The van der Waals surface area contributed by atoms with Crippen LogP contribution in [0.25, 0.3) is 0 Å². The fraction of sp³-hybridized carbons (Fsp3) is 0.333. The highest BCUT2D eigenvalue weighted by Crippen LogP contribution is 2.30. The zero-order valence-corrected chi connectivity index (χ0v) is 12.2. The largest absolute Gasteiger partial charge is 0.457 e. The minimum atomic E-state index is 0.993. The Labute approximate surface area is 121 Å². The zero-order chi connectivity index (χ0) is 13.9. The molecule has 2 aromatic carbocycles. The van der Waals surface area contributed by atoms with E-state index in [1.54, 1.807) is 0 Å². The monoisotopic (exact) mass is 267 g/mol. The van der Waals surface area contributed by atoms with Crippen LogP contribution in [-0.2, 0) is 12.8 Å². The topological polar surface area (TPSA) is 12.5 Å². The zero-order valence-electron chi connectivity index (χ0n) is 12.2. The summed E-state index contributed by atoms with van der Waals surface area (Å²) in [5.74, 6) is 1.99. The Bertz CT molecular complexity index is 606. The van der Waals surface area contributed by atoms with Crippen LogP contribution in [0, 0.1) is 6.92 Å². The van der Waals surface area contributed by atoms with E-state index in [2.05, 4.69) is 55.3 Å². The number of aryl methyl sites for hydroxylation is 1. The minimum absolute atomic E-state index is 0.993. The number of fused-ring (bicyclic) bond motifs is 2. The first-order valence-corrected chi connectivity index (χ1v) is 7.26. The molecule has 0 aliphatic carbocycles. The van der Waals surface area contributed by atoms with Crippen LogP contribution in [0.15, 0.2) is 42.5 Å². The Morgan fingerprint density at radius 1 is 0.900 bits per heavy atom. The van der Waals surface area contributed by atoms with Crippen LogP contribution in [-0.4, -0.2) is 25.0 Å². The average molecular weight is 267 g/mol. The van der Waals surface area contributed by atoms with E-state index >= 15 is 0 Å². The summed E-state index contributed by atoms with van der Waals surface area (Å²) < 4.78 is 6.19. The van der Waals surface area contributed by atoms with Gasteiger partial charge in [-0.2, -0.15) is 0 Å². The Morgan fingerprint density at radius 2 is 1.60 bits per heavy atom. The summed E-state index contributed by atoms with van der Waals surface area (Å²) in [5.41, 5.74) is 3.88. The van der Waals surface area contributed by atoms with Crippen molar-refractivity contribution in [2.75, 3.05) is 20.1 Å². The number of para-hydroxylation sites is 1. The summed E-state index contributed by atoms with van der Waals surface area (Å²) in [4.78, 5) is 2.40. The lowest BCUT2D eigenvalue weighted by molar-refractivity contribution is 0.334. The SMILES string of the molecule is Cc1ccc2c(c1)CCN(C)CCc1ccccc1O2. The smallest absolute Gasteiger partial charge is 0.130 e. The molecule has 0 saturated carbocycles. The van der Waals surface area contributed by atoms with E-state index in [0.717, 1.165) is 37.4 Å². The molecule has 1 aliphatic rings. The van der Waals surface area contributed by atoms with Crippen molar-refractivity contribution in [1.29, 1.82) is 0 Å². The van der Waals surface area contributed by atoms with E-state index < -0.39 is 0 Å². The Balaban J connectivity index is 2.03. The van der Waals surface area contributed by atoms with Gasteiger partial charge in [0.15, 0.2) is 0 Å². The molecule has 2 nitrogen and oxygen atoms in total. The molecule has 20 heavy (non-hydrogen) atoms. The van der Waals surface area contributed by atoms with Crippen molar-refractivity contribution >= 4 is 0 Å². The van der Waals surface area contributed by atoms with Gasteiger partial charge in [0.25, 0.3) is 0 Å². The first-order chi connectivity index (χ1) is 9.72. The van der Waals surface area contributed by atoms with Gasteiger partial charge in [-0.15, -0.1) is 0 Å². The highest BCUT2D eigenvalue weighted by atomic mass is 16.5. The second kappa shape index (κ2) is 5.68. The molecule has 0 saturated heterocycles. The van der Waals surface area contributed by atoms with E-state index in [1.165, 1.54) is 16.7 Å². The molecule has 0 spiro atoms. The first kappa shape index (κ1) is 13.2. The summed E-state index contributed by atoms with van der Waals surface area (Å²) in [5, 5.41) is 0. The first-order valence-electron chi connectivity index (χ1n) is 7.26. The van der Waals surface area contributed by atoms with Gasteiger partial charge >= 0.3 is 0 Å². The molecule has 1 aliphatic heterocycles. The summed E-state index contributed by atoms with van der Waals surface area (Å²) >= 11 is 0. The number of nitrogens with zero attached hydrogens (tertiary/aromatic N) is 1. The molecule has 1 heterocycles. The number of ether oxygens (including phenoxy) is 1. The van der Waals surface area contributed by atoms with Crippen molar-refractivity contribution in [2.45, 2.75) is 19.8 Å². The predicted molar refractivity (Wildman–Crippen MR) is 82.6 cm³/mol. The molecule has 2 aromatic rings. The molecule has 0 radical (unpaired) electrons. The maximum absolute atomic E-state index is 6.19. The molecule has 3 rings (SSSR count). The molecular formula is C18H21NO. The van der Waals surface area contributed by atoms with Gasteiger partial charge in [-0.25, -0.2) is 0 Å². The molecule has 0 N–H and O–H groups in total. The highest BCUT2D eigenvalue weighted by Gasteiger charge is 2.12. The summed E-state index contributed by atoms with van der Waals surface area (Å²) in [6.07, 6.45) is 2.07. The number of rotatable bonds is 0. The van der Waals surface area contributed by atoms with Crippen molar-refractivity contribution in [1.82, 2.24) is 4.90 Å². The summed E-state index contributed by atoms with van der Waals surface area (Å²) in [6, 6.07) is 14.8. The van der Waals surface area contributed by atoms with E-state index in [0.29, 0.717) is 0 Å². The van der Waals surface area contributed by atoms with E-state index in [9.17, 15) is 0 Å². The van der Waals surface area contributed by atoms with Crippen LogP contribution >= 0.6 is 0 Å². The van der Waals surface area contributed by atoms with E-state index in [4.69, 9.17) is 4.74 Å². The highest BCUT2D eigenvalue weighted by molar-refractivity contribution is 5.43. The summed E-state index contributed by atoms with van der Waals surface area (Å²) in [7, 11) is 2.19. The van der Waals surface area contributed by atoms with Gasteiger partial charge in [0.05, 0.1) is 0 Å². The lowest BCUT2D eigenvalue weighted by Gasteiger charge is -2.22. The van der Waals surface area contributed by atoms with Crippen molar-refractivity contribution in [3.8, 4) is 11.5 Å². The van der Waals surface area contributed by atoms with Gasteiger partial charge in [0.2, 0.25) is 0 Å². The van der Waals surface area contributed by atoms with Gasteiger partial charge in [0.1, 0.15) is 11.5 Å². The summed E-state index contributed by atoms with van der Waals surface area (Å²) in [6.45, 7) is 4.28. The lowest BCUT2D eigenvalue weighted by Crippen LogP contribution is -2.24. The van der Waals surface area contributed by atoms with E-state index in [1.807, 2.05) is 6.07 Å².